The summed E-state index contributed by atoms with van der Waals surface area (Å²) in [6.07, 6.45) is 7.00. The smallest absolute Gasteiger partial charge is 0.322 e. The van der Waals surface area contributed by atoms with Crippen LogP contribution in [0.1, 0.15) is 67.3 Å². The molecule has 0 radical (unpaired) electrons. The molecule has 13 nitrogen and oxygen atoms in total. The highest BCUT2D eigenvalue weighted by Gasteiger charge is 2.35. The lowest BCUT2D eigenvalue weighted by Gasteiger charge is -2.43. The largest absolute Gasteiger partial charge is 0.338 e. The number of anilines is 1. The number of hydrogen-bond acceptors (Lipinski definition) is 7. The number of hydrogen-bond donors (Lipinski definition) is 3. The Balaban J connectivity index is 0.000000461. The third kappa shape index (κ3) is 11.6. The molecule has 7 rings (SSSR count). The summed E-state index contributed by atoms with van der Waals surface area (Å²) in [5.74, 6) is 0.0136. The second kappa shape index (κ2) is 20.2. The van der Waals surface area contributed by atoms with Gasteiger partial charge < -0.3 is 30.2 Å². The number of benzene rings is 3. The minimum absolute atomic E-state index is 0.0136. The summed E-state index contributed by atoms with van der Waals surface area (Å²) < 4.78 is 29.6. The molecule has 5 amide bonds. The van der Waals surface area contributed by atoms with Crippen molar-refractivity contribution >= 4 is 33.8 Å². The molecule has 4 heterocycles. The first kappa shape index (κ1) is 44.1. The standard InChI is InChI=1S/C38H55N7O3.C7H8O3S/c1-4-29-11-10-28(26-30(29)5-2)27-35(36(46)43-24-22-42(23-25-43)32-13-17-41(3)18-14-32)40-37(47)44-19-15-33(16-20-44)45-21-12-31-8-6-7-9-34(31)39-38(45)48;1-6-2-4-7(5-3-6)11(8,9)10/h6-11,26,32-33,35H,4-5,12-25,27H2,1-3H3,(H,39,48)(H,40,47);2-5H,1H3,(H,8,9,10)/t35-;/m1./s1. The Hall–Kier alpha value is -4.50. The molecule has 4 aliphatic heterocycles. The van der Waals surface area contributed by atoms with Gasteiger partial charge in [-0.1, -0.05) is 67.9 Å². The summed E-state index contributed by atoms with van der Waals surface area (Å²) in [6.45, 7) is 13.4. The number of amides is 5. The van der Waals surface area contributed by atoms with Crippen LogP contribution in [-0.2, 0) is 40.6 Å². The van der Waals surface area contributed by atoms with Crippen molar-refractivity contribution in [3.63, 3.8) is 0 Å². The van der Waals surface area contributed by atoms with Crippen LogP contribution in [0.4, 0.5) is 15.3 Å². The zero-order chi connectivity index (χ0) is 42.1. The molecule has 0 bridgehead atoms. The third-order valence-corrected chi connectivity index (χ3v) is 13.4. The van der Waals surface area contributed by atoms with Crippen LogP contribution in [0.2, 0.25) is 0 Å². The number of carbonyl (C=O) groups is 3. The Labute approximate surface area is 350 Å². The van der Waals surface area contributed by atoms with Gasteiger partial charge in [-0.3, -0.25) is 14.2 Å². The summed E-state index contributed by atoms with van der Waals surface area (Å²) in [5, 5.41) is 6.27. The van der Waals surface area contributed by atoms with Gasteiger partial charge in [0.15, 0.2) is 0 Å². The highest BCUT2D eigenvalue weighted by Crippen LogP contribution is 2.25. The van der Waals surface area contributed by atoms with Gasteiger partial charge in [-0.25, -0.2) is 9.59 Å². The minimum atomic E-state index is -4.02. The summed E-state index contributed by atoms with van der Waals surface area (Å²) in [6, 6.07) is 20.3. The number of urea groups is 2. The van der Waals surface area contributed by atoms with E-state index in [2.05, 4.69) is 65.6 Å². The fourth-order valence-corrected chi connectivity index (χ4v) is 9.35. The number of fused-ring (bicyclic) bond motifs is 1. The molecule has 59 heavy (non-hydrogen) atoms. The van der Waals surface area contributed by atoms with Gasteiger partial charge in [-0.05, 0) is 112 Å². The van der Waals surface area contributed by atoms with Gasteiger partial charge in [-0.2, -0.15) is 8.42 Å². The van der Waals surface area contributed by atoms with E-state index in [0.29, 0.717) is 58.0 Å². The molecule has 3 aromatic carbocycles. The van der Waals surface area contributed by atoms with Crippen LogP contribution < -0.4 is 10.6 Å². The summed E-state index contributed by atoms with van der Waals surface area (Å²) in [4.78, 5) is 51.7. The van der Waals surface area contributed by atoms with Gasteiger partial charge in [-0.15, -0.1) is 0 Å². The molecule has 0 spiro atoms. The molecule has 0 unspecified atom stereocenters. The van der Waals surface area contributed by atoms with E-state index in [1.807, 2.05) is 39.8 Å². The summed E-state index contributed by atoms with van der Waals surface area (Å²) >= 11 is 0. The zero-order valence-electron chi connectivity index (χ0n) is 35.2. The maximum atomic E-state index is 14.2. The van der Waals surface area contributed by atoms with Crippen molar-refractivity contribution in [1.29, 1.82) is 0 Å². The SMILES string of the molecule is CCc1ccc(C[C@@H](NC(=O)N2CCC(N3CCc4ccccc4NC3=O)CC2)C(=O)N2CCN(C3CCN(C)CC3)CC2)cc1CC.Cc1ccc(S(=O)(=O)O)cc1. The Morgan fingerprint density at radius 2 is 1.44 bits per heavy atom. The second-order valence-electron chi connectivity index (χ2n) is 16.4. The maximum absolute atomic E-state index is 14.2. The van der Waals surface area contributed by atoms with E-state index in [4.69, 9.17) is 4.55 Å². The number of aryl methyl sites for hydroxylation is 3. The lowest BCUT2D eigenvalue weighted by molar-refractivity contribution is -0.135. The van der Waals surface area contributed by atoms with Crippen LogP contribution in [0, 0.1) is 6.92 Å². The number of likely N-dealkylation sites (tertiary alicyclic amines) is 2. The Morgan fingerprint density at radius 3 is 2.08 bits per heavy atom. The lowest BCUT2D eigenvalue weighted by atomic mass is 9.96. The van der Waals surface area contributed by atoms with Crippen LogP contribution in [0.5, 0.6) is 0 Å². The van der Waals surface area contributed by atoms with Gasteiger partial charge >= 0.3 is 12.1 Å². The van der Waals surface area contributed by atoms with Crippen molar-refractivity contribution in [1.82, 2.24) is 29.8 Å². The molecular formula is C45H63N7O6S. The molecule has 0 saturated carbocycles. The minimum Gasteiger partial charge on any atom is -0.338 e. The highest BCUT2D eigenvalue weighted by molar-refractivity contribution is 7.85. The number of carbonyl (C=O) groups excluding carboxylic acids is 3. The molecule has 3 N–H and O–H groups in total. The lowest BCUT2D eigenvalue weighted by Crippen LogP contribution is -2.59. The van der Waals surface area contributed by atoms with E-state index in [9.17, 15) is 22.8 Å². The maximum Gasteiger partial charge on any atom is 0.322 e. The predicted octanol–water partition coefficient (Wildman–Crippen LogP) is 5.47. The van der Waals surface area contributed by atoms with Gasteiger partial charge in [0.05, 0.1) is 4.90 Å². The van der Waals surface area contributed by atoms with Crippen LogP contribution in [0.25, 0.3) is 0 Å². The summed E-state index contributed by atoms with van der Waals surface area (Å²) in [5.41, 5.74) is 6.72. The van der Waals surface area contributed by atoms with E-state index in [1.165, 1.54) is 36.1 Å². The second-order valence-corrected chi connectivity index (χ2v) is 17.9. The number of nitrogens with one attached hydrogen (secondary N) is 2. The van der Waals surface area contributed by atoms with Crippen molar-refractivity contribution in [3.8, 4) is 0 Å². The van der Waals surface area contributed by atoms with E-state index in [1.54, 1.807) is 12.1 Å². The van der Waals surface area contributed by atoms with Crippen LogP contribution >= 0.6 is 0 Å². The van der Waals surface area contributed by atoms with Gasteiger partial charge in [0.1, 0.15) is 6.04 Å². The third-order valence-electron chi connectivity index (χ3n) is 12.6. The summed E-state index contributed by atoms with van der Waals surface area (Å²) in [7, 11) is -1.83. The molecule has 320 valence electrons. The van der Waals surface area contributed by atoms with Crippen LogP contribution in [0.3, 0.4) is 0 Å². The van der Waals surface area contributed by atoms with Crippen molar-refractivity contribution < 1.29 is 27.4 Å². The van der Waals surface area contributed by atoms with Crippen molar-refractivity contribution in [2.45, 2.75) is 95.2 Å². The van der Waals surface area contributed by atoms with Crippen molar-refractivity contribution in [2.24, 2.45) is 0 Å². The zero-order valence-corrected chi connectivity index (χ0v) is 36.1. The monoisotopic (exact) mass is 829 g/mol. The molecule has 3 fully saturated rings. The van der Waals surface area contributed by atoms with Crippen LogP contribution in [-0.4, -0.2) is 140 Å². The highest BCUT2D eigenvalue weighted by atomic mass is 32.2. The molecule has 1 atom stereocenters. The quantitative estimate of drug-likeness (QED) is 0.241. The number of piperidine rings is 2. The number of para-hydroxylation sites is 1. The average Bonchev–Trinajstić information content (AvgIpc) is 3.41. The average molecular weight is 830 g/mol. The Kier molecular flexibility index (Phi) is 15.1. The van der Waals surface area contributed by atoms with Crippen LogP contribution in [0.15, 0.2) is 71.6 Å². The first-order valence-electron chi connectivity index (χ1n) is 21.4. The Bertz CT molecular complexity index is 2000. The van der Waals surface area contributed by atoms with E-state index in [-0.39, 0.29) is 28.9 Å². The molecule has 3 saturated heterocycles. The molecule has 0 aliphatic carbocycles. The molecule has 4 aliphatic rings. The normalized spacial score (nSPS) is 19.2. The molecule has 14 heteroatoms. The van der Waals surface area contributed by atoms with E-state index in [0.717, 1.165) is 67.8 Å². The Morgan fingerprint density at radius 1 is 0.797 bits per heavy atom. The molecule has 3 aromatic rings. The van der Waals surface area contributed by atoms with E-state index >= 15 is 0 Å². The number of nitrogens with zero attached hydrogens (tertiary/aromatic N) is 5. The van der Waals surface area contributed by atoms with Gasteiger partial charge in [0, 0.05) is 70.0 Å². The first-order valence-corrected chi connectivity index (χ1v) is 22.8. The van der Waals surface area contributed by atoms with Gasteiger partial charge in [0.25, 0.3) is 10.1 Å². The fourth-order valence-electron chi connectivity index (χ4n) is 8.87. The number of rotatable bonds is 9. The topological polar surface area (TPSA) is 146 Å². The molecule has 0 aromatic heterocycles. The number of piperazine rings is 1. The predicted molar refractivity (Wildman–Crippen MR) is 231 cm³/mol. The first-order chi connectivity index (χ1) is 28.3. The molecular weight excluding hydrogens is 767 g/mol. The van der Waals surface area contributed by atoms with Crippen molar-refractivity contribution in [2.75, 3.05) is 71.3 Å². The van der Waals surface area contributed by atoms with E-state index < -0.39 is 16.2 Å². The van der Waals surface area contributed by atoms with Gasteiger partial charge in [0.2, 0.25) is 5.91 Å². The fraction of sp³-hybridized carbons (Fsp3) is 0.533. The van der Waals surface area contributed by atoms with Crippen molar-refractivity contribution in [3.05, 3.63) is 94.5 Å².